The third-order valence-electron chi connectivity index (χ3n) is 5.35. The van der Waals surface area contributed by atoms with Gasteiger partial charge in [-0.1, -0.05) is 36.7 Å². The molecule has 170 valence electrons. The Balaban J connectivity index is 1.79. The van der Waals surface area contributed by atoms with Crippen LogP contribution in [0.5, 0.6) is 0 Å². The van der Waals surface area contributed by atoms with Gasteiger partial charge in [0, 0.05) is 39.0 Å². The number of amides is 1. The van der Waals surface area contributed by atoms with Gasteiger partial charge in [0.05, 0.1) is 6.61 Å². The number of hydrogen-bond acceptors (Lipinski definition) is 5. The first kappa shape index (κ1) is 24.5. The fourth-order valence-electron chi connectivity index (χ4n) is 3.36. The number of likely N-dealkylation sites (N-methyl/N-ethyl adjacent to an activating group) is 1. The maximum absolute atomic E-state index is 13.1. The number of anilines is 1. The van der Waals surface area contributed by atoms with Crippen molar-refractivity contribution in [3.8, 4) is 0 Å². The molecule has 0 bridgehead atoms. The van der Waals surface area contributed by atoms with Crippen molar-refractivity contribution in [1.29, 1.82) is 5.41 Å². The molecule has 1 saturated carbocycles. The first-order valence-corrected chi connectivity index (χ1v) is 12.1. The molecule has 32 heavy (non-hydrogen) atoms. The molecular weight excluding hydrogens is 539 g/mol. The lowest BCUT2D eigenvalue weighted by molar-refractivity contribution is -0.116. The van der Waals surface area contributed by atoms with Crippen LogP contribution < -0.4 is 16.0 Å². The summed E-state index contributed by atoms with van der Waals surface area (Å²) in [7, 11) is 0. The number of benzene rings is 2. The van der Waals surface area contributed by atoms with E-state index in [0.29, 0.717) is 36.1 Å². The normalized spacial score (nSPS) is 14.8. The SMILES string of the molecule is CCNCCN/C(C=N)=C(\OCC1(c2ccc(I)cc2)CC1)C(=O)Nc1cccc(Cl)c1. The van der Waals surface area contributed by atoms with E-state index in [0.717, 1.165) is 25.6 Å². The van der Waals surface area contributed by atoms with Crippen LogP contribution in [0.3, 0.4) is 0 Å². The number of carbonyl (C=O) groups excluding carboxylic acids is 1. The van der Waals surface area contributed by atoms with Crippen LogP contribution in [0.4, 0.5) is 5.69 Å². The Morgan fingerprint density at radius 1 is 1.22 bits per heavy atom. The molecule has 0 atom stereocenters. The van der Waals surface area contributed by atoms with Gasteiger partial charge in [-0.25, -0.2) is 0 Å². The third-order valence-corrected chi connectivity index (χ3v) is 6.30. The van der Waals surface area contributed by atoms with E-state index in [4.69, 9.17) is 21.7 Å². The second-order valence-electron chi connectivity index (χ2n) is 7.71. The van der Waals surface area contributed by atoms with Gasteiger partial charge in [0.1, 0.15) is 5.70 Å². The van der Waals surface area contributed by atoms with E-state index in [-0.39, 0.29) is 11.2 Å². The van der Waals surface area contributed by atoms with Crippen molar-refractivity contribution in [3.63, 3.8) is 0 Å². The fraction of sp³-hybridized carbons (Fsp3) is 0.333. The predicted octanol–water partition coefficient (Wildman–Crippen LogP) is 4.69. The number of halogens is 2. The van der Waals surface area contributed by atoms with Crippen molar-refractivity contribution in [2.24, 2.45) is 0 Å². The minimum absolute atomic E-state index is 0.0944. The highest BCUT2D eigenvalue weighted by molar-refractivity contribution is 14.1. The molecule has 1 amide bonds. The molecule has 1 aliphatic rings. The van der Waals surface area contributed by atoms with E-state index in [1.165, 1.54) is 9.13 Å². The first-order valence-electron chi connectivity index (χ1n) is 10.6. The molecule has 0 spiro atoms. The van der Waals surface area contributed by atoms with E-state index in [9.17, 15) is 4.79 Å². The van der Waals surface area contributed by atoms with Crippen LogP contribution in [0.1, 0.15) is 25.3 Å². The van der Waals surface area contributed by atoms with Crippen LogP contribution in [0, 0.1) is 8.98 Å². The zero-order chi connectivity index (χ0) is 23.0. The van der Waals surface area contributed by atoms with Crippen LogP contribution >= 0.6 is 34.2 Å². The van der Waals surface area contributed by atoms with Crippen molar-refractivity contribution < 1.29 is 9.53 Å². The van der Waals surface area contributed by atoms with Crippen molar-refractivity contribution in [2.45, 2.75) is 25.2 Å². The summed E-state index contributed by atoms with van der Waals surface area (Å²) in [4.78, 5) is 13.1. The van der Waals surface area contributed by atoms with E-state index >= 15 is 0 Å². The maximum Gasteiger partial charge on any atom is 0.292 e. The summed E-state index contributed by atoms with van der Waals surface area (Å²) in [6.07, 6.45) is 3.14. The molecule has 1 fully saturated rings. The summed E-state index contributed by atoms with van der Waals surface area (Å²) in [6.45, 7) is 4.53. The molecule has 0 saturated heterocycles. The largest absolute Gasteiger partial charge is 0.485 e. The molecule has 0 unspecified atom stereocenters. The van der Waals surface area contributed by atoms with E-state index in [1.54, 1.807) is 24.3 Å². The summed E-state index contributed by atoms with van der Waals surface area (Å²) in [5.41, 5.74) is 2.03. The van der Waals surface area contributed by atoms with Crippen LogP contribution in [0.15, 0.2) is 60.0 Å². The molecule has 3 rings (SSSR count). The minimum Gasteiger partial charge on any atom is -0.485 e. The topological polar surface area (TPSA) is 86.2 Å². The number of rotatable bonds is 12. The lowest BCUT2D eigenvalue weighted by Gasteiger charge is -2.20. The van der Waals surface area contributed by atoms with Crippen LogP contribution in [-0.4, -0.2) is 38.4 Å². The van der Waals surface area contributed by atoms with Gasteiger partial charge in [-0.3, -0.25) is 4.79 Å². The summed E-state index contributed by atoms with van der Waals surface area (Å²) < 4.78 is 7.31. The Hall–Kier alpha value is -2.10. The van der Waals surface area contributed by atoms with Crippen LogP contribution in [0.25, 0.3) is 0 Å². The van der Waals surface area contributed by atoms with Gasteiger partial charge in [-0.2, -0.15) is 0 Å². The van der Waals surface area contributed by atoms with Gasteiger partial charge in [0.2, 0.25) is 5.76 Å². The smallest absolute Gasteiger partial charge is 0.292 e. The second kappa shape index (κ2) is 11.7. The van der Waals surface area contributed by atoms with Crippen molar-refractivity contribution in [1.82, 2.24) is 10.6 Å². The summed E-state index contributed by atoms with van der Waals surface area (Å²) in [6, 6.07) is 15.4. The van der Waals surface area contributed by atoms with E-state index in [2.05, 4.69) is 62.8 Å². The summed E-state index contributed by atoms with van der Waals surface area (Å²) >= 11 is 8.34. The van der Waals surface area contributed by atoms with Gasteiger partial charge in [-0.05, 0) is 77.9 Å². The number of carbonyl (C=O) groups is 1. The molecule has 0 aromatic heterocycles. The van der Waals surface area contributed by atoms with Gasteiger partial charge in [0.25, 0.3) is 5.91 Å². The van der Waals surface area contributed by atoms with Gasteiger partial charge < -0.3 is 26.1 Å². The van der Waals surface area contributed by atoms with Crippen molar-refractivity contribution >= 4 is 52.0 Å². The van der Waals surface area contributed by atoms with Crippen molar-refractivity contribution in [3.05, 3.63) is 74.1 Å². The van der Waals surface area contributed by atoms with Gasteiger partial charge >= 0.3 is 0 Å². The average Bonchev–Trinajstić information content (AvgIpc) is 3.56. The number of ether oxygens (including phenoxy) is 1. The maximum atomic E-state index is 13.1. The molecule has 2 aromatic carbocycles. The monoisotopic (exact) mass is 566 g/mol. The number of allylic oxidation sites excluding steroid dienone is 1. The Labute approximate surface area is 207 Å². The molecule has 1 aliphatic carbocycles. The molecule has 0 radical (unpaired) electrons. The summed E-state index contributed by atoms with van der Waals surface area (Å²) in [5, 5.41) is 17.6. The molecule has 8 heteroatoms. The number of hydrogen-bond donors (Lipinski definition) is 4. The quantitative estimate of drug-likeness (QED) is 0.0987. The molecular formula is C24H28ClIN4O2. The Bertz CT molecular complexity index is 974. The predicted molar refractivity (Wildman–Crippen MR) is 138 cm³/mol. The third kappa shape index (κ3) is 6.70. The number of nitrogens with one attached hydrogen (secondary N) is 4. The lowest BCUT2D eigenvalue weighted by atomic mass is 9.97. The van der Waals surface area contributed by atoms with Crippen LogP contribution in [0.2, 0.25) is 5.02 Å². The standard InChI is InChI=1S/C24H28ClIN4O2/c1-2-28-12-13-29-21(15-27)22(23(31)30-20-5-3-4-18(25)14-20)32-16-24(10-11-24)17-6-8-19(26)9-7-17/h3-9,14-15,27-29H,2,10-13,16H2,1H3,(H,30,31)/b22-21-,27-15?. The zero-order valence-electron chi connectivity index (χ0n) is 18.0. The highest BCUT2D eigenvalue weighted by atomic mass is 127. The molecule has 6 nitrogen and oxygen atoms in total. The molecule has 4 N–H and O–H groups in total. The van der Waals surface area contributed by atoms with Gasteiger partial charge in [-0.15, -0.1) is 0 Å². The average molecular weight is 567 g/mol. The minimum atomic E-state index is -0.417. The molecule has 0 heterocycles. The first-order chi connectivity index (χ1) is 15.5. The zero-order valence-corrected chi connectivity index (χ0v) is 20.9. The van der Waals surface area contributed by atoms with Gasteiger partial charge in [0.15, 0.2) is 0 Å². The van der Waals surface area contributed by atoms with E-state index in [1.807, 2.05) is 6.92 Å². The molecule has 0 aliphatic heterocycles. The highest BCUT2D eigenvalue weighted by Crippen LogP contribution is 2.48. The Morgan fingerprint density at radius 3 is 2.59 bits per heavy atom. The second-order valence-corrected chi connectivity index (χ2v) is 9.39. The van der Waals surface area contributed by atoms with E-state index < -0.39 is 5.91 Å². The fourth-order valence-corrected chi connectivity index (χ4v) is 3.91. The Morgan fingerprint density at radius 2 is 1.97 bits per heavy atom. The summed E-state index contributed by atoms with van der Waals surface area (Å²) in [5.74, 6) is -0.312. The van der Waals surface area contributed by atoms with Crippen molar-refractivity contribution in [2.75, 3.05) is 31.6 Å². The highest BCUT2D eigenvalue weighted by Gasteiger charge is 2.45. The Kier molecular flexibility index (Phi) is 8.95. The van der Waals surface area contributed by atoms with Crippen LogP contribution in [-0.2, 0) is 14.9 Å². The lowest BCUT2D eigenvalue weighted by Crippen LogP contribution is -2.31. The molecule has 2 aromatic rings.